The Kier molecular flexibility index (Phi) is 4.06. The third-order valence-electron chi connectivity index (χ3n) is 3.96. The number of ether oxygens (including phenoxy) is 1. The van der Waals surface area contributed by atoms with Crippen LogP contribution in [0.25, 0.3) is 16.9 Å². The first kappa shape index (κ1) is 16.2. The molecule has 0 aliphatic heterocycles. The lowest BCUT2D eigenvalue weighted by Gasteiger charge is -2.14. The molecule has 0 bridgehead atoms. The van der Waals surface area contributed by atoms with Crippen molar-refractivity contribution in [1.29, 1.82) is 0 Å². The van der Waals surface area contributed by atoms with E-state index in [1.165, 1.54) is 6.33 Å². The van der Waals surface area contributed by atoms with E-state index in [1.807, 2.05) is 28.8 Å². The van der Waals surface area contributed by atoms with Crippen LogP contribution in [0.1, 0.15) is 0 Å². The number of anilines is 3. The average molecular weight is 367 g/mol. The molecule has 2 heterocycles. The number of rotatable bonds is 4. The monoisotopic (exact) mass is 366 g/mol. The number of imidazole rings is 1. The summed E-state index contributed by atoms with van der Waals surface area (Å²) in [6.07, 6.45) is 3.13. The predicted octanol–water partition coefficient (Wildman–Crippen LogP) is 3.80. The van der Waals surface area contributed by atoms with Crippen molar-refractivity contribution in [3.8, 4) is 11.6 Å². The minimum Gasteiger partial charge on any atom is -0.495 e. The zero-order valence-corrected chi connectivity index (χ0v) is 14.6. The van der Waals surface area contributed by atoms with Gasteiger partial charge in [-0.25, -0.2) is 15.0 Å². The van der Waals surface area contributed by atoms with E-state index in [-0.39, 0.29) is 0 Å². The zero-order chi connectivity index (χ0) is 18.1. The van der Waals surface area contributed by atoms with E-state index in [2.05, 4.69) is 20.3 Å². The summed E-state index contributed by atoms with van der Waals surface area (Å²) in [5.74, 6) is 1.62. The van der Waals surface area contributed by atoms with Gasteiger partial charge in [0.25, 0.3) is 0 Å². The van der Waals surface area contributed by atoms with Crippen LogP contribution in [0.4, 0.5) is 17.2 Å². The number of para-hydroxylation sites is 2. The fourth-order valence-corrected chi connectivity index (χ4v) is 2.88. The summed E-state index contributed by atoms with van der Waals surface area (Å²) < 4.78 is 7.18. The number of nitrogen functional groups attached to an aromatic ring is 1. The van der Waals surface area contributed by atoms with Crippen LogP contribution in [0, 0.1) is 0 Å². The number of fused-ring (bicyclic) bond motifs is 1. The van der Waals surface area contributed by atoms with Crippen LogP contribution in [-0.4, -0.2) is 26.6 Å². The van der Waals surface area contributed by atoms with E-state index in [4.69, 9.17) is 22.1 Å². The first-order chi connectivity index (χ1) is 12.7. The van der Waals surface area contributed by atoms with E-state index >= 15 is 0 Å². The molecule has 130 valence electrons. The van der Waals surface area contributed by atoms with E-state index in [0.717, 1.165) is 11.0 Å². The van der Waals surface area contributed by atoms with E-state index in [9.17, 15) is 0 Å². The lowest BCUT2D eigenvalue weighted by Crippen LogP contribution is -2.07. The van der Waals surface area contributed by atoms with Gasteiger partial charge in [-0.1, -0.05) is 23.7 Å². The normalized spacial score (nSPS) is 10.8. The topological polar surface area (TPSA) is 90.9 Å². The second-order valence-electron chi connectivity index (χ2n) is 5.53. The maximum absolute atomic E-state index is 6.33. The molecule has 7 nitrogen and oxygen atoms in total. The molecule has 4 rings (SSSR count). The van der Waals surface area contributed by atoms with Gasteiger partial charge in [-0.15, -0.1) is 0 Å². The molecule has 0 saturated carbocycles. The number of hydrogen-bond donors (Lipinski definition) is 2. The smallest absolute Gasteiger partial charge is 0.167 e. The van der Waals surface area contributed by atoms with Gasteiger partial charge in [-0.2, -0.15) is 0 Å². The molecular formula is C18H15ClN6O. The Bertz CT molecular complexity index is 1090. The molecule has 0 spiro atoms. The lowest BCUT2D eigenvalue weighted by atomic mass is 10.2. The fourth-order valence-electron chi connectivity index (χ4n) is 2.71. The lowest BCUT2D eigenvalue weighted by molar-refractivity contribution is 0.417. The van der Waals surface area contributed by atoms with E-state index in [0.29, 0.717) is 33.8 Å². The average Bonchev–Trinajstić information content (AvgIpc) is 3.08. The maximum Gasteiger partial charge on any atom is 0.167 e. The van der Waals surface area contributed by atoms with Crippen LogP contribution in [0.15, 0.2) is 55.1 Å². The highest BCUT2D eigenvalue weighted by Gasteiger charge is 2.14. The van der Waals surface area contributed by atoms with Crippen molar-refractivity contribution >= 4 is 39.8 Å². The molecular weight excluding hydrogens is 352 g/mol. The molecule has 8 heteroatoms. The van der Waals surface area contributed by atoms with Gasteiger partial charge in [0.05, 0.1) is 23.8 Å². The standard InChI is InChI=1S/C18H15ClN6O/c1-26-15-7-6-11(19)8-13(15)24-17-16(20)18(22-9-21-17)25-10-23-12-4-2-3-5-14(12)25/h2-10H,20H2,1H3,(H,21,22,24). The quantitative estimate of drug-likeness (QED) is 0.570. The third kappa shape index (κ3) is 2.78. The number of methoxy groups -OCH3 is 1. The molecule has 0 atom stereocenters. The van der Waals surface area contributed by atoms with E-state index < -0.39 is 0 Å². The van der Waals surface area contributed by atoms with E-state index in [1.54, 1.807) is 31.6 Å². The number of aromatic nitrogens is 4. The highest BCUT2D eigenvalue weighted by atomic mass is 35.5. The number of benzene rings is 2. The predicted molar refractivity (Wildman–Crippen MR) is 102 cm³/mol. The largest absolute Gasteiger partial charge is 0.495 e. The van der Waals surface area contributed by atoms with Crippen LogP contribution < -0.4 is 15.8 Å². The van der Waals surface area contributed by atoms with Crippen molar-refractivity contribution in [3.05, 3.63) is 60.1 Å². The second-order valence-corrected chi connectivity index (χ2v) is 5.97. The molecule has 0 radical (unpaired) electrons. The Morgan fingerprint density at radius 1 is 1.12 bits per heavy atom. The summed E-state index contributed by atoms with van der Waals surface area (Å²) in [5, 5.41) is 3.73. The molecule has 3 N–H and O–H groups in total. The first-order valence-corrected chi connectivity index (χ1v) is 8.18. The van der Waals surface area contributed by atoms with Crippen LogP contribution >= 0.6 is 11.6 Å². The molecule has 2 aromatic heterocycles. The Balaban J connectivity index is 1.79. The first-order valence-electron chi connectivity index (χ1n) is 7.81. The minimum absolute atomic E-state index is 0.387. The van der Waals surface area contributed by atoms with Gasteiger partial charge in [0.2, 0.25) is 0 Å². The molecule has 0 unspecified atom stereocenters. The van der Waals surface area contributed by atoms with Crippen LogP contribution in [-0.2, 0) is 0 Å². The SMILES string of the molecule is COc1ccc(Cl)cc1Nc1ncnc(-n2cnc3ccccc32)c1N. The van der Waals surface area contributed by atoms with Crippen molar-refractivity contribution in [1.82, 2.24) is 19.5 Å². The van der Waals surface area contributed by atoms with Crippen LogP contribution in [0.5, 0.6) is 5.75 Å². The second kappa shape index (κ2) is 6.53. The minimum atomic E-state index is 0.387. The van der Waals surface area contributed by atoms with Gasteiger partial charge in [0, 0.05) is 5.02 Å². The van der Waals surface area contributed by atoms with Crippen molar-refractivity contribution in [2.75, 3.05) is 18.2 Å². The number of nitrogens with two attached hydrogens (primary N) is 1. The molecule has 26 heavy (non-hydrogen) atoms. The molecule has 0 aliphatic rings. The Labute approximate surface area is 154 Å². The third-order valence-corrected chi connectivity index (χ3v) is 4.19. The van der Waals surface area contributed by atoms with Gasteiger partial charge in [0.1, 0.15) is 24.1 Å². The highest BCUT2D eigenvalue weighted by molar-refractivity contribution is 6.31. The van der Waals surface area contributed by atoms with Gasteiger partial charge in [-0.05, 0) is 30.3 Å². The molecule has 4 aromatic rings. The van der Waals surface area contributed by atoms with Crippen LogP contribution in [0.2, 0.25) is 5.02 Å². The summed E-state index contributed by atoms with van der Waals surface area (Å²) in [5.41, 5.74) is 9.14. The summed E-state index contributed by atoms with van der Waals surface area (Å²) in [6, 6.07) is 13.0. The summed E-state index contributed by atoms with van der Waals surface area (Å²) in [7, 11) is 1.58. The Morgan fingerprint density at radius 2 is 1.96 bits per heavy atom. The van der Waals surface area contributed by atoms with Gasteiger partial charge >= 0.3 is 0 Å². The maximum atomic E-state index is 6.33. The number of nitrogens with zero attached hydrogens (tertiary/aromatic N) is 4. The zero-order valence-electron chi connectivity index (χ0n) is 13.8. The summed E-state index contributed by atoms with van der Waals surface area (Å²) in [4.78, 5) is 13.0. The van der Waals surface area contributed by atoms with Crippen molar-refractivity contribution in [3.63, 3.8) is 0 Å². The van der Waals surface area contributed by atoms with Crippen molar-refractivity contribution < 1.29 is 4.74 Å². The molecule has 0 amide bonds. The number of nitrogens with one attached hydrogen (secondary N) is 1. The highest BCUT2D eigenvalue weighted by Crippen LogP contribution is 2.33. The fraction of sp³-hybridized carbons (Fsp3) is 0.0556. The molecule has 0 fully saturated rings. The van der Waals surface area contributed by atoms with Crippen molar-refractivity contribution in [2.24, 2.45) is 0 Å². The van der Waals surface area contributed by atoms with Gasteiger partial charge in [-0.3, -0.25) is 4.57 Å². The van der Waals surface area contributed by atoms with Gasteiger partial charge in [0.15, 0.2) is 11.6 Å². The van der Waals surface area contributed by atoms with Crippen molar-refractivity contribution in [2.45, 2.75) is 0 Å². The Morgan fingerprint density at radius 3 is 2.81 bits per heavy atom. The summed E-state index contributed by atoms with van der Waals surface area (Å²) >= 11 is 6.09. The van der Waals surface area contributed by atoms with Crippen LogP contribution in [0.3, 0.4) is 0 Å². The Hall–Kier alpha value is -3.32. The molecule has 0 saturated heterocycles. The number of halogens is 1. The number of hydrogen-bond acceptors (Lipinski definition) is 6. The molecule has 2 aromatic carbocycles. The molecule has 0 aliphatic carbocycles. The summed E-state index contributed by atoms with van der Waals surface area (Å²) in [6.45, 7) is 0. The van der Waals surface area contributed by atoms with Gasteiger partial charge < -0.3 is 15.8 Å².